The number of ether oxygens (including phenoxy) is 2. The van der Waals surface area contributed by atoms with Gasteiger partial charge in [-0.15, -0.1) is 0 Å². The van der Waals surface area contributed by atoms with Gasteiger partial charge in [0.15, 0.2) is 11.5 Å². The van der Waals surface area contributed by atoms with Gasteiger partial charge >= 0.3 is 0 Å². The Hall–Kier alpha value is -2.42. The number of sulfonamides is 1. The number of benzene rings is 1. The minimum atomic E-state index is -3.75. The number of hydrogen-bond acceptors (Lipinski definition) is 6. The van der Waals surface area contributed by atoms with Crippen LogP contribution in [0.5, 0.6) is 11.5 Å². The van der Waals surface area contributed by atoms with Crippen LogP contribution >= 0.6 is 0 Å². The zero-order valence-electron chi connectivity index (χ0n) is 11.0. The third-order valence-electron chi connectivity index (χ3n) is 2.95. The molecule has 1 aromatic heterocycles. The van der Waals surface area contributed by atoms with Crippen LogP contribution in [0, 0.1) is 0 Å². The second-order valence-corrected chi connectivity index (χ2v) is 6.16. The summed E-state index contributed by atoms with van der Waals surface area (Å²) in [7, 11) is -3.75. The number of nitrogens with one attached hydrogen (secondary N) is 2. The van der Waals surface area contributed by atoms with E-state index in [1.807, 2.05) is 0 Å². The van der Waals surface area contributed by atoms with E-state index in [0.717, 1.165) is 6.42 Å². The molecule has 112 valence electrons. The molecule has 21 heavy (non-hydrogen) atoms. The van der Waals surface area contributed by atoms with E-state index in [1.165, 1.54) is 18.5 Å². The molecule has 8 nitrogen and oxygen atoms in total. The molecule has 0 unspecified atom stereocenters. The van der Waals surface area contributed by atoms with Gasteiger partial charge in [0.2, 0.25) is 0 Å². The standard InChI is InChI=1S/C12H14N4O4S/c13-9-4-11-12(20-3-1-2-19-11)5-10(9)16-21(17,18)8-6-14-15-7-8/h4-7,16H,1-3,13H2,(H,14,15). The van der Waals surface area contributed by atoms with E-state index in [9.17, 15) is 8.42 Å². The average Bonchev–Trinajstić information content (AvgIpc) is 2.89. The molecule has 9 heteroatoms. The van der Waals surface area contributed by atoms with Crippen LogP contribution in [0.25, 0.3) is 0 Å². The lowest BCUT2D eigenvalue weighted by Crippen LogP contribution is -2.13. The third-order valence-corrected chi connectivity index (χ3v) is 4.28. The molecule has 0 saturated carbocycles. The van der Waals surface area contributed by atoms with Crippen molar-refractivity contribution in [2.24, 2.45) is 0 Å². The van der Waals surface area contributed by atoms with Gasteiger partial charge in [-0.2, -0.15) is 5.10 Å². The van der Waals surface area contributed by atoms with Crippen LogP contribution in [0.4, 0.5) is 11.4 Å². The molecule has 0 bridgehead atoms. The highest BCUT2D eigenvalue weighted by atomic mass is 32.2. The molecule has 0 amide bonds. The summed E-state index contributed by atoms with van der Waals surface area (Å²) in [4.78, 5) is 0.0222. The number of hydrogen-bond donors (Lipinski definition) is 3. The maximum Gasteiger partial charge on any atom is 0.265 e. The Labute approximate surface area is 121 Å². The summed E-state index contributed by atoms with van der Waals surface area (Å²) in [6.07, 6.45) is 3.24. The van der Waals surface area contributed by atoms with Crippen molar-refractivity contribution in [3.63, 3.8) is 0 Å². The molecule has 1 aromatic carbocycles. The Kier molecular flexibility index (Phi) is 3.34. The number of aromatic amines is 1. The Morgan fingerprint density at radius 1 is 1.24 bits per heavy atom. The molecule has 0 atom stereocenters. The van der Waals surface area contributed by atoms with Gasteiger partial charge in [-0.05, 0) is 0 Å². The van der Waals surface area contributed by atoms with Crippen LogP contribution in [-0.4, -0.2) is 31.8 Å². The number of nitrogen functional groups attached to an aromatic ring is 1. The maximum atomic E-state index is 12.2. The molecule has 0 fully saturated rings. The fraction of sp³-hybridized carbons (Fsp3) is 0.250. The van der Waals surface area contributed by atoms with Crippen LogP contribution in [0.3, 0.4) is 0 Å². The van der Waals surface area contributed by atoms with Crippen molar-refractivity contribution in [2.45, 2.75) is 11.3 Å². The lowest BCUT2D eigenvalue weighted by molar-refractivity contribution is 0.297. The molecule has 1 aliphatic rings. The first-order valence-electron chi connectivity index (χ1n) is 6.27. The number of nitrogens with two attached hydrogens (primary N) is 1. The average molecular weight is 310 g/mol. The summed E-state index contributed by atoms with van der Waals surface area (Å²) in [5.74, 6) is 0.975. The van der Waals surface area contributed by atoms with E-state index < -0.39 is 10.0 Å². The lowest BCUT2D eigenvalue weighted by atomic mass is 10.2. The fourth-order valence-electron chi connectivity index (χ4n) is 1.90. The monoisotopic (exact) mass is 310 g/mol. The minimum absolute atomic E-state index is 0.0222. The molecule has 4 N–H and O–H groups in total. The predicted molar refractivity (Wildman–Crippen MR) is 75.9 cm³/mol. The van der Waals surface area contributed by atoms with Crippen molar-refractivity contribution >= 4 is 21.4 Å². The molecule has 0 spiro atoms. The molecule has 0 saturated heterocycles. The van der Waals surface area contributed by atoms with Crippen molar-refractivity contribution in [3.05, 3.63) is 24.5 Å². The van der Waals surface area contributed by atoms with E-state index in [2.05, 4.69) is 14.9 Å². The van der Waals surface area contributed by atoms with E-state index in [0.29, 0.717) is 24.7 Å². The number of anilines is 2. The Morgan fingerprint density at radius 2 is 1.95 bits per heavy atom. The van der Waals surface area contributed by atoms with Gasteiger partial charge < -0.3 is 15.2 Å². The van der Waals surface area contributed by atoms with Gasteiger partial charge in [-0.1, -0.05) is 0 Å². The third kappa shape index (κ3) is 2.72. The van der Waals surface area contributed by atoms with Crippen LogP contribution in [-0.2, 0) is 10.0 Å². The highest BCUT2D eigenvalue weighted by Crippen LogP contribution is 2.37. The normalized spacial score (nSPS) is 14.5. The van der Waals surface area contributed by atoms with E-state index in [1.54, 1.807) is 6.07 Å². The fourth-order valence-corrected chi connectivity index (χ4v) is 2.89. The number of nitrogens with zero attached hydrogens (tertiary/aromatic N) is 1. The summed E-state index contributed by atoms with van der Waals surface area (Å²) in [6, 6.07) is 3.07. The smallest absolute Gasteiger partial charge is 0.265 e. The number of rotatable bonds is 3. The molecule has 2 heterocycles. The van der Waals surface area contributed by atoms with Crippen molar-refractivity contribution in [3.8, 4) is 11.5 Å². The Morgan fingerprint density at radius 3 is 2.62 bits per heavy atom. The van der Waals surface area contributed by atoms with Gasteiger partial charge in [-0.25, -0.2) is 8.42 Å². The maximum absolute atomic E-state index is 12.2. The van der Waals surface area contributed by atoms with Crippen LogP contribution in [0.15, 0.2) is 29.4 Å². The Bertz CT molecular complexity index is 743. The topological polar surface area (TPSA) is 119 Å². The molecular formula is C12H14N4O4S. The predicted octanol–water partition coefficient (Wildman–Crippen LogP) is 0.954. The first-order valence-corrected chi connectivity index (χ1v) is 7.75. The van der Waals surface area contributed by atoms with Crippen molar-refractivity contribution in [1.29, 1.82) is 0 Å². The second kappa shape index (κ2) is 5.17. The minimum Gasteiger partial charge on any atom is -0.489 e. The largest absolute Gasteiger partial charge is 0.489 e. The zero-order valence-corrected chi connectivity index (χ0v) is 11.8. The highest BCUT2D eigenvalue weighted by Gasteiger charge is 2.19. The molecule has 2 aromatic rings. The molecule has 1 aliphatic heterocycles. The summed E-state index contributed by atoms with van der Waals surface area (Å²) in [6.45, 7) is 1.04. The van der Waals surface area contributed by atoms with Gasteiger partial charge in [0.1, 0.15) is 4.90 Å². The summed E-state index contributed by atoms with van der Waals surface area (Å²) < 4.78 is 37.7. The summed E-state index contributed by atoms with van der Waals surface area (Å²) >= 11 is 0. The molecule has 0 aliphatic carbocycles. The molecule has 3 rings (SSSR count). The Balaban J connectivity index is 1.94. The lowest BCUT2D eigenvalue weighted by Gasteiger charge is -2.13. The van der Waals surface area contributed by atoms with Crippen molar-refractivity contribution in [1.82, 2.24) is 10.2 Å². The highest BCUT2D eigenvalue weighted by molar-refractivity contribution is 7.92. The van der Waals surface area contributed by atoms with Crippen LogP contribution in [0.1, 0.15) is 6.42 Å². The molecular weight excluding hydrogens is 296 g/mol. The van der Waals surface area contributed by atoms with E-state index >= 15 is 0 Å². The SMILES string of the molecule is Nc1cc2c(cc1NS(=O)(=O)c1cn[nH]c1)OCCCO2. The first kappa shape index (κ1) is 13.6. The van der Waals surface area contributed by atoms with Crippen molar-refractivity contribution < 1.29 is 17.9 Å². The van der Waals surface area contributed by atoms with Crippen LogP contribution in [0.2, 0.25) is 0 Å². The van der Waals surface area contributed by atoms with Gasteiger partial charge in [0.05, 0.1) is 30.8 Å². The summed E-state index contributed by atoms with van der Waals surface area (Å²) in [5, 5.41) is 6.06. The first-order chi connectivity index (χ1) is 10.1. The zero-order chi connectivity index (χ0) is 14.9. The number of fused-ring (bicyclic) bond motifs is 1. The summed E-state index contributed by atoms with van der Waals surface area (Å²) in [5.41, 5.74) is 6.36. The van der Waals surface area contributed by atoms with E-state index in [4.69, 9.17) is 15.2 Å². The van der Waals surface area contributed by atoms with Crippen molar-refractivity contribution in [2.75, 3.05) is 23.7 Å². The van der Waals surface area contributed by atoms with Gasteiger partial charge in [0, 0.05) is 24.8 Å². The second-order valence-electron chi connectivity index (χ2n) is 4.48. The number of H-pyrrole nitrogens is 1. The van der Waals surface area contributed by atoms with E-state index in [-0.39, 0.29) is 16.3 Å². The van der Waals surface area contributed by atoms with Gasteiger partial charge in [-0.3, -0.25) is 9.82 Å². The molecule has 0 radical (unpaired) electrons. The van der Waals surface area contributed by atoms with Crippen LogP contribution < -0.4 is 19.9 Å². The number of aromatic nitrogens is 2. The quantitative estimate of drug-likeness (QED) is 0.726. The van der Waals surface area contributed by atoms with Gasteiger partial charge in [0.25, 0.3) is 10.0 Å².